The quantitative estimate of drug-likeness (QED) is 0.773. The van der Waals surface area contributed by atoms with Gasteiger partial charge in [-0.25, -0.2) is 8.42 Å². The van der Waals surface area contributed by atoms with Gasteiger partial charge in [0.25, 0.3) is 0 Å². The lowest BCUT2D eigenvalue weighted by Gasteiger charge is -2.16. The Bertz CT molecular complexity index is 471. The number of rotatable bonds is 3. The average Bonchev–Trinajstić information content (AvgIpc) is 2.17. The Balaban J connectivity index is 2.95. The van der Waals surface area contributed by atoms with Gasteiger partial charge in [-0.3, -0.25) is 4.31 Å². The number of hydrogen-bond acceptors (Lipinski definition) is 3. The van der Waals surface area contributed by atoms with E-state index in [9.17, 15) is 8.42 Å². The van der Waals surface area contributed by atoms with E-state index < -0.39 is 10.0 Å². The van der Waals surface area contributed by atoms with Gasteiger partial charge in [0.15, 0.2) is 0 Å². The summed E-state index contributed by atoms with van der Waals surface area (Å²) < 4.78 is 23.6. The van der Waals surface area contributed by atoms with E-state index in [1.165, 1.54) is 11.4 Å². The molecule has 0 aromatic heterocycles. The minimum atomic E-state index is -3.21. The van der Waals surface area contributed by atoms with Crippen molar-refractivity contribution in [3.63, 3.8) is 0 Å². The van der Waals surface area contributed by atoms with Crippen molar-refractivity contribution >= 4 is 15.7 Å². The largest absolute Gasteiger partial charge is 0.274 e. The van der Waals surface area contributed by atoms with Crippen LogP contribution in [0.2, 0.25) is 0 Å². The van der Waals surface area contributed by atoms with Crippen LogP contribution >= 0.6 is 0 Å². The van der Waals surface area contributed by atoms with Gasteiger partial charge in [0.2, 0.25) is 10.0 Å². The predicted octanol–water partition coefficient (Wildman–Crippen LogP) is 1.15. The molecule has 80 valence electrons. The lowest BCUT2D eigenvalue weighted by molar-refractivity contribution is 0.600. The van der Waals surface area contributed by atoms with E-state index in [1.807, 2.05) is 6.07 Å². The van der Waals surface area contributed by atoms with Crippen LogP contribution in [0.1, 0.15) is 5.56 Å². The van der Waals surface area contributed by atoms with Crippen LogP contribution in [-0.2, 0) is 16.4 Å². The zero-order chi connectivity index (χ0) is 11.5. The molecule has 0 bridgehead atoms. The van der Waals surface area contributed by atoms with Gasteiger partial charge in [0.05, 0.1) is 24.4 Å². The van der Waals surface area contributed by atoms with Gasteiger partial charge in [-0.05, 0) is 17.7 Å². The zero-order valence-electron chi connectivity index (χ0n) is 8.64. The Morgan fingerprint density at radius 2 is 1.87 bits per heavy atom. The molecule has 0 saturated heterocycles. The van der Waals surface area contributed by atoms with Crippen LogP contribution in [0.4, 0.5) is 5.69 Å². The fourth-order valence-corrected chi connectivity index (χ4v) is 1.61. The normalized spacial score (nSPS) is 10.7. The van der Waals surface area contributed by atoms with Gasteiger partial charge in [-0.2, -0.15) is 5.26 Å². The van der Waals surface area contributed by atoms with Crippen LogP contribution in [0.15, 0.2) is 24.3 Å². The Hall–Kier alpha value is -1.54. The van der Waals surface area contributed by atoms with Gasteiger partial charge < -0.3 is 0 Å². The van der Waals surface area contributed by atoms with Crippen molar-refractivity contribution in [3.8, 4) is 6.07 Å². The van der Waals surface area contributed by atoms with Gasteiger partial charge in [0, 0.05) is 7.05 Å². The molecule has 0 N–H and O–H groups in total. The maximum atomic E-state index is 11.2. The molecule has 0 unspecified atom stereocenters. The highest BCUT2D eigenvalue weighted by Gasteiger charge is 2.10. The Labute approximate surface area is 89.8 Å². The molecule has 0 atom stereocenters. The summed E-state index contributed by atoms with van der Waals surface area (Å²) in [5, 5.41) is 8.47. The van der Waals surface area contributed by atoms with Crippen LogP contribution < -0.4 is 4.31 Å². The summed E-state index contributed by atoms with van der Waals surface area (Å²) in [5.74, 6) is 0. The Morgan fingerprint density at radius 1 is 1.33 bits per heavy atom. The van der Waals surface area contributed by atoms with E-state index in [1.54, 1.807) is 24.3 Å². The summed E-state index contributed by atoms with van der Waals surface area (Å²) in [4.78, 5) is 0. The van der Waals surface area contributed by atoms with Crippen LogP contribution in [0.5, 0.6) is 0 Å². The Morgan fingerprint density at radius 3 is 2.27 bits per heavy atom. The summed E-state index contributed by atoms with van der Waals surface area (Å²) in [5.41, 5.74) is 1.47. The number of nitriles is 1. The van der Waals surface area contributed by atoms with E-state index >= 15 is 0 Å². The fourth-order valence-electron chi connectivity index (χ4n) is 1.11. The van der Waals surface area contributed by atoms with Crippen molar-refractivity contribution in [2.75, 3.05) is 17.6 Å². The molecule has 0 aliphatic heterocycles. The minimum absolute atomic E-state index is 0.336. The molecule has 1 aromatic rings. The summed E-state index contributed by atoms with van der Waals surface area (Å²) in [6.07, 6.45) is 1.49. The monoisotopic (exact) mass is 224 g/mol. The number of hydrogen-bond donors (Lipinski definition) is 0. The molecule has 0 aliphatic carbocycles. The van der Waals surface area contributed by atoms with Crippen LogP contribution in [-0.4, -0.2) is 21.7 Å². The van der Waals surface area contributed by atoms with Crippen LogP contribution in [0, 0.1) is 11.3 Å². The highest BCUT2D eigenvalue weighted by molar-refractivity contribution is 7.92. The summed E-state index contributed by atoms with van der Waals surface area (Å²) >= 11 is 0. The second-order valence-corrected chi connectivity index (χ2v) is 5.25. The first kappa shape index (κ1) is 11.5. The molecule has 0 heterocycles. The van der Waals surface area contributed by atoms with Crippen molar-refractivity contribution in [2.24, 2.45) is 0 Å². The van der Waals surface area contributed by atoms with Crippen molar-refractivity contribution in [2.45, 2.75) is 6.42 Å². The molecule has 1 aromatic carbocycles. The van der Waals surface area contributed by atoms with E-state index in [4.69, 9.17) is 5.26 Å². The molecular formula is C10H12N2O2S. The van der Waals surface area contributed by atoms with E-state index in [2.05, 4.69) is 0 Å². The number of nitrogens with zero attached hydrogens (tertiary/aromatic N) is 2. The second-order valence-electron chi connectivity index (χ2n) is 3.23. The van der Waals surface area contributed by atoms with Crippen LogP contribution in [0.3, 0.4) is 0 Å². The first-order chi connectivity index (χ1) is 6.95. The van der Waals surface area contributed by atoms with E-state index in [-0.39, 0.29) is 0 Å². The predicted molar refractivity (Wildman–Crippen MR) is 59.0 cm³/mol. The molecule has 1 rings (SSSR count). The molecule has 5 heteroatoms. The van der Waals surface area contributed by atoms with Gasteiger partial charge in [0.1, 0.15) is 0 Å². The van der Waals surface area contributed by atoms with Crippen LogP contribution in [0.25, 0.3) is 0 Å². The molecule has 4 nitrogen and oxygen atoms in total. The number of sulfonamides is 1. The topological polar surface area (TPSA) is 61.2 Å². The smallest absolute Gasteiger partial charge is 0.231 e. The molecule has 0 spiro atoms. The standard InChI is InChI=1S/C10H12N2O2S/c1-12(15(2,13)14)10-5-3-9(4-6-10)7-8-11/h3-6H,7H2,1-2H3. The third kappa shape index (κ3) is 2.96. The molecule has 0 aliphatic rings. The lowest BCUT2D eigenvalue weighted by atomic mass is 10.1. The number of benzene rings is 1. The zero-order valence-corrected chi connectivity index (χ0v) is 9.45. The third-order valence-electron chi connectivity index (χ3n) is 2.08. The Kier molecular flexibility index (Phi) is 3.32. The van der Waals surface area contributed by atoms with Crippen molar-refractivity contribution < 1.29 is 8.42 Å². The van der Waals surface area contributed by atoms with Gasteiger partial charge >= 0.3 is 0 Å². The highest BCUT2D eigenvalue weighted by Crippen LogP contribution is 2.16. The maximum absolute atomic E-state index is 11.2. The van der Waals surface area contributed by atoms with Crippen molar-refractivity contribution in [1.29, 1.82) is 5.26 Å². The molecule has 0 saturated carbocycles. The van der Waals surface area contributed by atoms with Gasteiger partial charge in [-0.15, -0.1) is 0 Å². The van der Waals surface area contributed by atoms with E-state index in [0.717, 1.165) is 11.8 Å². The van der Waals surface area contributed by atoms with E-state index in [0.29, 0.717) is 12.1 Å². The second kappa shape index (κ2) is 4.32. The summed E-state index contributed by atoms with van der Waals surface area (Å²) in [6, 6.07) is 8.91. The maximum Gasteiger partial charge on any atom is 0.231 e. The van der Waals surface area contributed by atoms with Gasteiger partial charge in [-0.1, -0.05) is 12.1 Å². The van der Waals surface area contributed by atoms with Crippen molar-refractivity contribution in [1.82, 2.24) is 0 Å². The lowest BCUT2D eigenvalue weighted by Crippen LogP contribution is -2.24. The third-order valence-corrected chi connectivity index (χ3v) is 3.29. The molecule has 0 amide bonds. The summed E-state index contributed by atoms with van der Waals surface area (Å²) in [6.45, 7) is 0. The number of anilines is 1. The molecule has 0 fully saturated rings. The first-order valence-electron chi connectivity index (χ1n) is 4.35. The minimum Gasteiger partial charge on any atom is -0.274 e. The first-order valence-corrected chi connectivity index (χ1v) is 6.20. The summed E-state index contributed by atoms with van der Waals surface area (Å²) in [7, 11) is -1.72. The van der Waals surface area contributed by atoms with Crippen molar-refractivity contribution in [3.05, 3.63) is 29.8 Å². The molecule has 0 radical (unpaired) electrons. The average molecular weight is 224 g/mol. The SMILES string of the molecule is CN(c1ccc(CC#N)cc1)S(C)(=O)=O. The highest BCUT2D eigenvalue weighted by atomic mass is 32.2. The molecular weight excluding hydrogens is 212 g/mol. The molecule has 15 heavy (non-hydrogen) atoms. The fraction of sp³-hybridized carbons (Fsp3) is 0.300.